The van der Waals surface area contributed by atoms with Crippen LogP contribution in [0.15, 0.2) is 0 Å². The van der Waals surface area contributed by atoms with E-state index in [2.05, 4.69) is 35.3 Å². The van der Waals surface area contributed by atoms with E-state index in [-0.39, 0.29) is 0 Å². The van der Waals surface area contributed by atoms with Gasteiger partial charge in [0.25, 0.3) is 0 Å². The predicted molar refractivity (Wildman–Crippen MR) is 77.8 cm³/mol. The van der Waals surface area contributed by atoms with Crippen molar-refractivity contribution in [2.45, 2.75) is 62.3 Å². The second-order valence-corrected chi connectivity index (χ2v) is 6.76. The second kappa shape index (κ2) is 7.01. The van der Waals surface area contributed by atoms with Crippen LogP contribution in [0.4, 0.5) is 0 Å². The zero-order valence-corrected chi connectivity index (χ0v) is 12.3. The van der Waals surface area contributed by atoms with Gasteiger partial charge in [0.1, 0.15) is 0 Å². The lowest BCUT2D eigenvalue weighted by molar-refractivity contribution is 0.174. The van der Waals surface area contributed by atoms with E-state index in [1.54, 1.807) is 0 Å². The summed E-state index contributed by atoms with van der Waals surface area (Å²) in [4.78, 5) is 2.56. The molecule has 1 heterocycles. The Kier molecular flexibility index (Phi) is 5.64. The molecule has 100 valence electrons. The van der Waals surface area contributed by atoms with Crippen LogP contribution in [-0.4, -0.2) is 48.6 Å². The van der Waals surface area contributed by atoms with E-state index in [1.807, 2.05) is 0 Å². The highest BCUT2D eigenvalue weighted by Crippen LogP contribution is 2.28. The minimum atomic E-state index is 0.791. The Hall–Kier alpha value is 0.270. The molecule has 1 N–H and O–H groups in total. The van der Waals surface area contributed by atoms with Gasteiger partial charge in [-0.2, -0.15) is 11.8 Å². The van der Waals surface area contributed by atoms with E-state index >= 15 is 0 Å². The maximum absolute atomic E-state index is 3.80. The van der Waals surface area contributed by atoms with Crippen molar-refractivity contribution in [1.29, 1.82) is 0 Å². The lowest BCUT2D eigenvalue weighted by Crippen LogP contribution is -2.41. The second-order valence-electron chi connectivity index (χ2n) is 5.68. The molecule has 3 unspecified atom stereocenters. The van der Waals surface area contributed by atoms with E-state index in [1.165, 1.54) is 58.0 Å². The molecule has 1 aliphatic carbocycles. The molecule has 17 heavy (non-hydrogen) atoms. The first-order chi connectivity index (χ1) is 8.31. The minimum Gasteiger partial charge on any atom is -0.313 e. The number of nitrogens with one attached hydrogen (secondary N) is 1. The number of nitrogens with zero attached hydrogens (tertiary/aromatic N) is 1. The molecule has 1 saturated carbocycles. The van der Waals surface area contributed by atoms with Crippen LogP contribution in [0.5, 0.6) is 0 Å². The Morgan fingerprint density at radius 2 is 2.06 bits per heavy atom. The fourth-order valence-electron chi connectivity index (χ4n) is 3.39. The molecule has 3 heteroatoms. The SMILES string of the molecule is CSC1CCCC1NCCC1CCCCN1C. The van der Waals surface area contributed by atoms with Crippen molar-refractivity contribution in [3.05, 3.63) is 0 Å². The molecule has 0 aromatic heterocycles. The lowest BCUT2D eigenvalue weighted by atomic mass is 10.00. The van der Waals surface area contributed by atoms with E-state index in [0.29, 0.717) is 0 Å². The zero-order chi connectivity index (χ0) is 12.1. The Morgan fingerprint density at radius 1 is 1.18 bits per heavy atom. The van der Waals surface area contributed by atoms with Gasteiger partial charge in [0, 0.05) is 17.3 Å². The van der Waals surface area contributed by atoms with Gasteiger partial charge < -0.3 is 10.2 Å². The number of hydrogen-bond acceptors (Lipinski definition) is 3. The summed E-state index contributed by atoms with van der Waals surface area (Å²) >= 11 is 2.05. The van der Waals surface area contributed by atoms with Gasteiger partial charge in [-0.05, 0) is 58.5 Å². The monoisotopic (exact) mass is 256 g/mol. The third-order valence-electron chi connectivity index (χ3n) is 4.56. The molecule has 2 nitrogen and oxygen atoms in total. The van der Waals surface area contributed by atoms with Gasteiger partial charge in [0.15, 0.2) is 0 Å². The van der Waals surface area contributed by atoms with Gasteiger partial charge in [0.2, 0.25) is 0 Å². The Bertz CT molecular complexity index is 220. The van der Waals surface area contributed by atoms with Crippen molar-refractivity contribution in [3.63, 3.8) is 0 Å². The first kappa shape index (κ1) is 13.7. The molecular weight excluding hydrogens is 228 g/mol. The first-order valence-electron chi connectivity index (χ1n) is 7.27. The van der Waals surface area contributed by atoms with Crippen LogP contribution < -0.4 is 5.32 Å². The summed E-state index contributed by atoms with van der Waals surface area (Å²) in [5.41, 5.74) is 0. The highest BCUT2D eigenvalue weighted by atomic mass is 32.2. The van der Waals surface area contributed by atoms with E-state index in [0.717, 1.165) is 17.3 Å². The van der Waals surface area contributed by atoms with Crippen LogP contribution in [0.2, 0.25) is 0 Å². The van der Waals surface area contributed by atoms with Crippen LogP contribution in [0.25, 0.3) is 0 Å². The van der Waals surface area contributed by atoms with Crippen LogP contribution in [0.1, 0.15) is 44.9 Å². The summed E-state index contributed by atoms with van der Waals surface area (Å²) in [6.45, 7) is 2.53. The van der Waals surface area contributed by atoms with Crippen LogP contribution >= 0.6 is 11.8 Å². The normalized spacial score (nSPS) is 35.3. The zero-order valence-electron chi connectivity index (χ0n) is 11.5. The molecule has 0 bridgehead atoms. The van der Waals surface area contributed by atoms with Crippen molar-refractivity contribution >= 4 is 11.8 Å². The summed E-state index contributed by atoms with van der Waals surface area (Å²) in [6, 6.07) is 1.63. The Morgan fingerprint density at radius 3 is 2.82 bits per heavy atom. The van der Waals surface area contributed by atoms with Gasteiger partial charge in [0.05, 0.1) is 0 Å². The van der Waals surface area contributed by atoms with Crippen molar-refractivity contribution in [1.82, 2.24) is 10.2 Å². The van der Waals surface area contributed by atoms with Gasteiger partial charge in [-0.1, -0.05) is 12.8 Å². The number of thioether (sulfide) groups is 1. The molecule has 1 aliphatic heterocycles. The predicted octanol–water partition coefficient (Wildman–Crippen LogP) is 2.73. The average Bonchev–Trinajstić information content (AvgIpc) is 2.79. The summed E-state index contributed by atoms with van der Waals surface area (Å²) in [5, 5.41) is 4.68. The molecule has 0 spiro atoms. The number of hydrogen-bond donors (Lipinski definition) is 1. The third-order valence-corrected chi connectivity index (χ3v) is 5.73. The summed E-state index contributed by atoms with van der Waals surface area (Å²) in [6.07, 6.45) is 12.1. The van der Waals surface area contributed by atoms with Gasteiger partial charge in [-0.3, -0.25) is 0 Å². The highest BCUT2D eigenvalue weighted by Gasteiger charge is 2.26. The maximum atomic E-state index is 3.80. The molecule has 0 amide bonds. The molecule has 2 rings (SSSR count). The van der Waals surface area contributed by atoms with Crippen LogP contribution in [0, 0.1) is 0 Å². The molecule has 2 fully saturated rings. The Labute approximate surface area is 111 Å². The van der Waals surface area contributed by atoms with E-state index in [9.17, 15) is 0 Å². The first-order valence-corrected chi connectivity index (χ1v) is 8.56. The van der Waals surface area contributed by atoms with E-state index < -0.39 is 0 Å². The third kappa shape index (κ3) is 3.87. The standard InChI is InChI=1S/C14H28N2S/c1-16-11-4-3-6-12(16)9-10-15-13-7-5-8-14(13)17-2/h12-15H,3-11H2,1-2H3. The van der Waals surface area contributed by atoms with Gasteiger partial charge in [-0.25, -0.2) is 0 Å². The van der Waals surface area contributed by atoms with Crippen LogP contribution in [0.3, 0.4) is 0 Å². The molecule has 0 radical (unpaired) electrons. The fourth-order valence-corrected chi connectivity index (χ4v) is 4.35. The molecule has 3 atom stereocenters. The van der Waals surface area contributed by atoms with E-state index in [4.69, 9.17) is 0 Å². The largest absolute Gasteiger partial charge is 0.313 e. The Balaban J connectivity index is 1.65. The molecule has 2 aliphatic rings. The van der Waals surface area contributed by atoms with Crippen molar-refractivity contribution in [2.24, 2.45) is 0 Å². The van der Waals surface area contributed by atoms with Crippen molar-refractivity contribution in [2.75, 3.05) is 26.4 Å². The molecule has 0 aromatic carbocycles. The quantitative estimate of drug-likeness (QED) is 0.814. The minimum absolute atomic E-state index is 0.791. The summed E-state index contributed by atoms with van der Waals surface area (Å²) in [7, 11) is 2.30. The van der Waals surface area contributed by atoms with Crippen LogP contribution in [-0.2, 0) is 0 Å². The summed E-state index contributed by atoms with van der Waals surface area (Å²) < 4.78 is 0. The average molecular weight is 256 g/mol. The van der Waals surface area contributed by atoms with Crippen molar-refractivity contribution < 1.29 is 0 Å². The van der Waals surface area contributed by atoms with Crippen molar-refractivity contribution in [3.8, 4) is 0 Å². The number of likely N-dealkylation sites (tertiary alicyclic amines) is 1. The molecule has 1 saturated heterocycles. The van der Waals surface area contributed by atoms with Gasteiger partial charge in [-0.15, -0.1) is 0 Å². The number of piperidine rings is 1. The summed E-state index contributed by atoms with van der Waals surface area (Å²) in [5.74, 6) is 0. The fraction of sp³-hybridized carbons (Fsp3) is 1.00. The lowest BCUT2D eigenvalue weighted by Gasteiger charge is -2.33. The maximum Gasteiger partial charge on any atom is 0.0198 e. The number of rotatable bonds is 5. The van der Waals surface area contributed by atoms with Gasteiger partial charge >= 0.3 is 0 Å². The highest BCUT2D eigenvalue weighted by molar-refractivity contribution is 7.99. The smallest absolute Gasteiger partial charge is 0.0198 e. The molecule has 0 aromatic rings. The topological polar surface area (TPSA) is 15.3 Å². The molecular formula is C14H28N2S.